The molecule has 0 atom stereocenters. The molecule has 5 heteroatoms. The molecule has 146 valence electrons. The largest absolute Gasteiger partial charge is 0.573 e. The number of rotatable bonds is 4. The third-order valence-electron chi connectivity index (χ3n) is 6.28. The minimum absolute atomic E-state index is 0.151. The van der Waals surface area contributed by atoms with Gasteiger partial charge in [-0.3, -0.25) is 0 Å². The zero-order chi connectivity index (χ0) is 19.3. The maximum Gasteiger partial charge on any atom is 0.573 e. The molecule has 0 amide bonds. The first-order valence-electron chi connectivity index (χ1n) is 9.86. The Hall–Kier alpha value is -1.96. The summed E-state index contributed by atoms with van der Waals surface area (Å²) in [5, 5.41) is 8.64. The van der Waals surface area contributed by atoms with E-state index in [9.17, 15) is 13.2 Å². The lowest BCUT2D eigenvalue weighted by molar-refractivity contribution is -0.274. The molecule has 0 bridgehead atoms. The number of nitrogens with zero attached hydrogens (tertiary/aromatic N) is 1. The minimum atomic E-state index is -4.64. The van der Waals surface area contributed by atoms with E-state index in [4.69, 9.17) is 5.26 Å². The average molecular weight is 377 g/mol. The highest BCUT2D eigenvalue weighted by atomic mass is 19.4. The van der Waals surface area contributed by atoms with Gasteiger partial charge in [0, 0.05) is 6.08 Å². The molecule has 0 heterocycles. The molecule has 2 saturated carbocycles. The van der Waals surface area contributed by atoms with Gasteiger partial charge in [-0.25, -0.2) is 0 Å². The lowest BCUT2D eigenvalue weighted by Gasteiger charge is -2.37. The smallest absolute Gasteiger partial charge is 0.406 e. The van der Waals surface area contributed by atoms with Gasteiger partial charge in [-0.15, -0.1) is 13.2 Å². The van der Waals surface area contributed by atoms with Crippen molar-refractivity contribution in [3.8, 4) is 11.8 Å². The number of ether oxygens (including phenoxy) is 1. The third kappa shape index (κ3) is 5.76. The number of alkyl halides is 3. The normalized spacial score (nSPS) is 29.4. The first-order chi connectivity index (χ1) is 12.9. The molecular formula is C22H26F3NO. The summed E-state index contributed by atoms with van der Waals surface area (Å²) in [6.45, 7) is 0. The van der Waals surface area contributed by atoms with Crippen LogP contribution >= 0.6 is 0 Å². The summed E-state index contributed by atoms with van der Waals surface area (Å²) in [5.41, 5.74) is 1.12. The second kappa shape index (κ2) is 8.82. The molecule has 0 aromatic heterocycles. The van der Waals surface area contributed by atoms with Crippen molar-refractivity contribution in [3.05, 3.63) is 42.0 Å². The van der Waals surface area contributed by atoms with Crippen LogP contribution in [-0.4, -0.2) is 6.36 Å². The van der Waals surface area contributed by atoms with E-state index in [1.165, 1.54) is 50.7 Å². The van der Waals surface area contributed by atoms with Gasteiger partial charge in [0.25, 0.3) is 0 Å². The van der Waals surface area contributed by atoms with Crippen LogP contribution in [0.3, 0.4) is 0 Å². The number of allylic oxidation sites excluding steroid dienone is 2. The van der Waals surface area contributed by atoms with E-state index in [1.54, 1.807) is 18.2 Å². The van der Waals surface area contributed by atoms with Crippen LogP contribution in [0.2, 0.25) is 0 Å². The van der Waals surface area contributed by atoms with Crippen molar-refractivity contribution >= 4 is 0 Å². The topological polar surface area (TPSA) is 33.0 Å². The van der Waals surface area contributed by atoms with Crippen molar-refractivity contribution in [3.63, 3.8) is 0 Å². The summed E-state index contributed by atoms with van der Waals surface area (Å²) < 4.78 is 40.7. The molecule has 2 aliphatic rings. The van der Waals surface area contributed by atoms with Gasteiger partial charge >= 0.3 is 6.36 Å². The van der Waals surface area contributed by atoms with Crippen LogP contribution in [0.15, 0.2) is 36.4 Å². The number of hydrogen-bond donors (Lipinski definition) is 0. The van der Waals surface area contributed by atoms with Gasteiger partial charge < -0.3 is 4.74 Å². The molecule has 2 fully saturated rings. The Morgan fingerprint density at radius 3 is 1.96 bits per heavy atom. The zero-order valence-electron chi connectivity index (χ0n) is 15.4. The Kier molecular flexibility index (Phi) is 6.46. The fourth-order valence-corrected chi connectivity index (χ4v) is 4.85. The van der Waals surface area contributed by atoms with Gasteiger partial charge in [0.05, 0.1) is 6.07 Å². The summed E-state index contributed by atoms with van der Waals surface area (Å²) in [6, 6.07) is 8.48. The molecule has 2 nitrogen and oxygen atoms in total. The Labute approximate surface area is 159 Å². The van der Waals surface area contributed by atoms with Crippen molar-refractivity contribution in [2.75, 3.05) is 0 Å². The molecule has 0 unspecified atom stereocenters. The summed E-state index contributed by atoms with van der Waals surface area (Å²) in [5.74, 6) is 2.42. The molecular weight excluding hydrogens is 351 g/mol. The Bertz CT molecular complexity index is 658. The molecule has 0 N–H and O–H groups in total. The predicted molar refractivity (Wildman–Crippen MR) is 98.0 cm³/mol. The fourth-order valence-electron chi connectivity index (χ4n) is 4.85. The first-order valence-corrected chi connectivity index (χ1v) is 9.86. The Balaban J connectivity index is 1.47. The highest BCUT2D eigenvalue weighted by Gasteiger charge is 2.32. The van der Waals surface area contributed by atoms with Crippen molar-refractivity contribution < 1.29 is 17.9 Å². The van der Waals surface area contributed by atoms with Gasteiger partial charge in [0.15, 0.2) is 0 Å². The Morgan fingerprint density at radius 2 is 1.44 bits per heavy atom. The van der Waals surface area contributed by atoms with Crippen LogP contribution < -0.4 is 4.74 Å². The van der Waals surface area contributed by atoms with Gasteiger partial charge in [0.1, 0.15) is 5.75 Å². The molecule has 3 rings (SSSR count). The molecule has 0 aliphatic heterocycles. The quantitative estimate of drug-likeness (QED) is 0.544. The maximum absolute atomic E-state index is 12.3. The highest BCUT2D eigenvalue weighted by molar-refractivity contribution is 5.29. The lowest BCUT2D eigenvalue weighted by Crippen LogP contribution is -2.25. The van der Waals surface area contributed by atoms with Crippen molar-refractivity contribution in [1.29, 1.82) is 5.26 Å². The van der Waals surface area contributed by atoms with Crippen LogP contribution in [-0.2, 0) is 0 Å². The van der Waals surface area contributed by atoms with Crippen LogP contribution in [0.25, 0.3) is 0 Å². The first kappa shape index (κ1) is 19.8. The molecule has 2 aliphatic carbocycles. The standard InChI is InChI=1S/C22H26F3NO/c23-22(24,25)27-21-13-11-20(12-14-21)19-9-7-18(8-10-19)17-5-3-16(4-6-17)2-1-15-26/h1-2,11-14,16-19H,3-10H2/b2-1+. The number of halogens is 3. The van der Waals surface area contributed by atoms with E-state index in [0.29, 0.717) is 11.8 Å². The van der Waals surface area contributed by atoms with Crippen molar-refractivity contribution in [2.24, 2.45) is 17.8 Å². The average Bonchev–Trinajstić information content (AvgIpc) is 2.66. The van der Waals surface area contributed by atoms with Crippen LogP contribution in [0.4, 0.5) is 13.2 Å². The van der Waals surface area contributed by atoms with E-state index in [0.717, 1.165) is 30.2 Å². The van der Waals surface area contributed by atoms with Gasteiger partial charge in [0.2, 0.25) is 0 Å². The summed E-state index contributed by atoms with van der Waals surface area (Å²) in [6.07, 6.45) is 8.52. The van der Waals surface area contributed by atoms with E-state index < -0.39 is 6.36 Å². The van der Waals surface area contributed by atoms with Crippen LogP contribution in [0, 0.1) is 29.1 Å². The molecule has 0 saturated heterocycles. The maximum atomic E-state index is 12.3. The SMILES string of the molecule is N#C/C=C/C1CCC(C2CCC(c3ccc(OC(F)(F)F)cc3)CC2)CC1. The predicted octanol–water partition coefficient (Wildman–Crippen LogP) is 6.75. The van der Waals surface area contributed by atoms with Gasteiger partial charge in [-0.1, -0.05) is 18.2 Å². The van der Waals surface area contributed by atoms with E-state index >= 15 is 0 Å². The van der Waals surface area contributed by atoms with Crippen LogP contribution in [0.1, 0.15) is 62.8 Å². The van der Waals surface area contributed by atoms with E-state index in [1.807, 2.05) is 0 Å². The monoisotopic (exact) mass is 377 g/mol. The molecule has 1 aromatic carbocycles. The van der Waals surface area contributed by atoms with E-state index in [2.05, 4.69) is 16.9 Å². The number of benzene rings is 1. The van der Waals surface area contributed by atoms with Crippen molar-refractivity contribution in [2.45, 2.75) is 63.6 Å². The second-order valence-corrected chi connectivity index (χ2v) is 7.89. The highest BCUT2D eigenvalue weighted by Crippen LogP contribution is 2.44. The van der Waals surface area contributed by atoms with Gasteiger partial charge in [-0.2, -0.15) is 5.26 Å². The van der Waals surface area contributed by atoms with Gasteiger partial charge in [-0.05, 0) is 92.7 Å². The number of hydrogen-bond acceptors (Lipinski definition) is 2. The second-order valence-electron chi connectivity index (χ2n) is 7.89. The van der Waals surface area contributed by atoms with Crippen LogP contribution in [0.5, 0.6) is 5.75 Å². The summed E-state index contributed by atoms with van der Waals surface area (Å²) in [4.78, 5) is 0. The lowest BCUT2D eigenvalue weighted by atomic mass is 9.68. The summed E-state index contributed by atoms with van der Waals surface area (Å²) >= 11 is 0. The molecule has 0 spiro atoms. The number of nitriles is 1. The Morgan fingerprint density at radius 1 is 0.889 bits per heavy atom. The summed E-state index contributed by atoms with van der Waals surface area (Å²) in [7, 11) is 0. The minimum Gasteiger partial charge on any atom is -0.406 e. The zero-order valence-corrected chi connectivity index (χ0v) is 15.4. The molecule has 1 aromatic rings. The third-order valence-corrected chi connectivity index (χ3v) is 6.28. The van der Waals surface area contributed by atoms with Crippen molar-refractivity contribution in [1.82, 2.24) is 0 Å². The van der Waals surface area contributed by atoms with E-state index in [-0.39, 0.29) is 5.75 Å². The molecule has 0 radical (unpaired) electrons. The molecule has 27 heavy (non-hydrogen) atoms. The fraction of sp³-hybridized carbons (Fsp3) is 0.591.